The summed E-state index contributed by atoms with van der Waals surface area (Å²) in [5.74, 6) is 0.440. The second-order valence-electron chi connectivity index (χ2n) is 8.47. The van der Waals surface area contributed by atoms with Gasteiger partial charge in [0.1, 0.15) is 0 Å². The molecule has 1 heteroatoms. The minimum Gasteiger partial charge on any atom is -0.316 e. The Morgan fingerprint density at radius 3 is 1.41 bits per heavy atom. The van der Waals surface area contributed by atoms with Crippen LogP contribution in [0.4, 0.5) is 0 Å². The molecule has 0 saturated carbocycles. The Morgan fingerprint density at radius 1 is 0.552 bits per heavy atom. The van der Waals surface area contributed by atoms with E-state index in [0.717, 1.165) is 13.1 Å². The molecular formula is C28H43N. The lowest BCUT2D eigenvalue weighted by atomic mass is 9.91. The summed E-state index contributed by atoms with van der Waals surface area (Å²) >= 11 is 0. The van der Waals surface area contributed by atoms with Crippen LogP contribution in [-0.4, -0.2) is 13.1 Å². The summed E-state index contributed by atoms with van der Waals surface area (Å²) in [5.41, 5.74) is 2.81. The Kier molecular flexibility index (Phi) is 13.2. The van der Waals surface area contributed by atoms with Gasteiger partial charge >= 0.3 is 0 Å². The smallest absolute Gasteiger partial charge is 0.0214 e. The Labute approximate surface area is 180 Å². The van der Waals surface area contributed by atoms with Crippen LogP contribution in [0.15, 0.2) is 60.7 Å². The minimum absolute atomic E-state index is 0.440. The molecule has 0 saturated heterocycles. The lowest BCUT2D eigenvalue weighted by molar-refractivity contribution is 0.532. The van der Waals surface area contributed by atoms with E-state index in [1.807, 2.05) is 0 Å². The van der Waals surface area contributed by atoms with Crippen molar-refractivity contribution in [1.29, 1.82) is 0 Å². The highest BCUT2D eigenvalue weighted by Gasteiger charge is 2.12. The lowest BCUT2D eigenvalue weighted by Gasteiger charge is -2.19. The van der Waals surface area contributed by atoms with E-state index in [1.54, 1.807) is 0 Å². The molecule has 0 spiro atoms. The minimum atomic E-state index is 0.440. The molecule has 0 aromatic heterocycles. The second-order valence-corrected chi connectivity index (χ2v) is 8.47. The van der Waals surface area contributed by atoms with Crippen LogP contribution in [0.25, 0.3) is 0 Å². The summed E-state index contributed by atoms with van der Waals surface area (Å²) in [6.45, 7) is 4.44. The first-order valence-electron chi connectivity index (χ1n) is 12.2. The van der Waals surface area contributed by atoms with Crippen LogP contribution in [0, 0.1) is 0 Å². The summed E-state index contributed by atoms with van der Waals surface area (Å²) in [6, 6.07) is 21.8. The molecule has 0 unspecified atom stereocenters. The van der Waals surface area contributed by atoms with Crippen molar-refractivity contribution in [3.8, 4) is 0 Å². The lowest BCUT2D eigenvalue weighted by Crippen LogP contribution is -2.23. The van der Waals surface area contributed by atoms with E-state index >= 15 is 0 Å². The highest BCUT2D eigenvalue weighted by atomic mass is 14.9. The summed E-state index contributed by atoms with van der Waals surface area (Å²) < 4.78 is 0. The molecule has 2 aromatic carbocycles. The van der Waals surface area contributed by atoms with Crippen LogP contribution in [0.2, 0.25) is 0 Å². The molecule has 0 aliphatic rings. The zero-order valence-electron chi connectivity index (χ0n) is 18.8. The largest absolute Gasteiger partial charge is 0.316 e. The van der Waals surface area contributed by atoms with Crippen LogP contribution in [-0.2, 0) is 0 Å². The SMILES string of the molecule is CCCCCCCCCCCCCCNCC(c1ccccc1)c1ccccc1. The van der Waals surface area contributed by atoms with Crippen LogP contribution in [0.3, 0.4) is 0 Å². The van der Waals surface area contributed by atoms with E-state index in [2.05, 4.69) is 72.9 Å². The van der Waals surface area contributed by atoms with Crippen molar-refractivity contribution in [3.05, 3.63) is 71.8 Å². The van der Waals surface area contributed by atoms with Gasteiger partial charge in [-0.15, -0.1) is 0 Å². The zero-order chi connectivity index (χ0) is 20.4. The highest BCUT2D eigenvalue weighted by Crippen LogP contribution is 2.23. The van der Waals surface area contributed by atoms with Crippen molar-refractivity contribution < 1.29 is 0 Å². The van der Waals surface area contributed by atoms with Crippen LogP contribution in [0.1, 0.15) is 101 Å². The summed E-state index contributed by atoms with van der Waals surface area (Å²) in [4.78, 5) is 0. The molecule has 0 amide bonds. The van der Waals surface area contributed by atoms with Crippen molar-refractivity contribution in [2.75, 3.05) is 13.1 Å². The first-order valence-corrected chi connectivity index (χ1v) is 12.2. The molecule has 2 rings (SSSR count). The monoisotopic (exact) mass is 393 g/mol. The number of nitrogens with one attached hydrogen (secondary N) is 1. The van der Waals surface area contributed by atoms with Gasteiger partial charge in [-0.3, -0.25) is 0 Å². The fourth-order valence-corrected chi connectivity index (χ4v) is 4.14. The van der Waals surface area contributed by atoms with Crippen molar-refractivity contribution >= 4 is 0 Å². The quantitative estimate of drug-likeness (QED) is 0.268. The predicted octanol–water partition coefficient (Wildman–Crippen LogP) is 8.11. The van der Waals surface area contributed by atoms with Crippen molar-refractivity contribution in [3.63, 3.8) is 0 Å². The Hall–Kier alpha value is -1.60. The van der Waals surface area contributed by atoms with Gasteiger partial charge in [-0.05, 0) is 24.1 Å². The molecule has 2 aromatic rings. The van der Waals surface area contributed by atoms with Gasteiger partial charge < -0.3 is 5.32 Å². The predicted molar refractivity (Wildman–Crippen MR) is 129 cm³/mol. The first kappa shape index (κ1) is 23.7. The van der Waals surface area contributed by atoms with Gasteiger partial charge in [-0.25, -0.2) is 0 Å². The van der Waals surface area contributed by atoms with Gasteiger partial charge in [0.15, 0.2) is 0 Å². The van der Waals surface area contributed by atoms with Gasteiger partial charge in [0.25, 0.3) is 0 Å². The number of rotatable bonds is 17. The molecule has 0 aliphatic carbocycles. The summed E-state index contributed by atoms with van der Waals surface area (Å²) in [6.07, 6.45) is 16.9. The third-order valence-electron chi connectivity index (χ3n) is 5.96. The summed E-state index contributed by atoms with van der Waals surface area (Å²) in [7, 11) is 0. The highest BCUT2D eigenvalue weighted by molar-refractivity contribution is 5.32. The topological polar surface area (TPSA) is 12.0 Å². The zero-order valence-corrected chi connectivity index (χ0v) is 18.8. The molecule has 0 radical (unpaired) electrons. The second kappa shape index (κ2) is 16.2. The van der Waals surface area contributed by atoms with E-state index in [4.69, 9.17) is 0 Å². The third kappa shape index (κ3) is 10.7. The number of hydrogen-bond donors (Lipinski definition) is 1. The average molecular weight is 394 g/mol. The molecule has 29 heavy (non-hydrogen) atoms. The van der Waals surface area contributed by atoms with Crippen LogP contribution < -0.4 is 5.32 Å². The van der Waals surface area contributed by atoms with Crippen LogP contribution in [0.5, 0.6) is 0 Å². The Morgan fingerprint density at radius 2 is 0.966 bits per heavy atom. The van der Waals surface area contributed by atoms with E-state index in [1.165, 1.54) is 88.2 Å². The Balaban J connectivity index is 1.52. The van der Waals surface area contributed by atoms with Gasteiger partial charge in [-0.1, -0.05) is 138 Å². The molecule has 0 fully saturated rings. The van der Waals surface area contributed by atoms with E-state index in [9.17, 15) is 0 Å². The molecule has 160 valence electrons. The number of unbranched alkanes of at least 4 members (excludes halogenated alkanes) is 11. The fourth-order valence-electron chi connectivity index (χ4n) is 4.14. The van der Waals surface area contributed by atoms with Gasteiger partial charge in [0.2, 0.25) is 0 Å². The van der Waals surface area contributed by atoms with Crippen molar-refractivity contribution in [2.24, 2.45) is 0 Å². The van der Waals surface area contributed by atoms with E-state index < -0.39 is 0 Å². The number of benzene rings is 2. The maximum Gasteiger partial charge on any atom is 0.0214 e. The molecule has 0 aliphatic heterocycles. The standard InChI is InChI=1S/C28H43N/c1-2-3-4-5-6-7-8-9-10-11-12-19-24-29-25-28(26-20-15-13-16-21-26)27-22-17-14-18-23-27/h13-18,20-23,28-29H,2-12,19,24-25H2,1H3. The number of hydrogen-bond acceptors (Lipinski definition) is 1. The van der Waals surface area contributed by atoms with Crippen molar-refractivity contribution in [1.82, 2.24) is 5.32 Å². The van der Waals surface area contributed by atoms with Gasteiger partial charge in [0, 0.05) is 12.5 Å². The van der Waals surface area contributed by atoms with Crippen molar-refractivity contribution in [2.45, 2.75) is 89.9 Å². The molecule has 1 nitrogen and oxygen atoms in total. The molecule has 0 bridgehead atoms. The summed E-state index contributed by atoms with van der Waals surface area (Å²) in [5, 5.41) is 3.72. The van der Waals surface area contributed by atoms with Crippen LogP contribution >= 0.6 is 0 Å². The first-order chi connectivity index (χ1) is 14.4. The molecule has 1 N–H and O–H groups in total. The normalized spacial score (nSPS) is 11.2. The third-order valence-corrected chi connectivity index (χ3v) is 5.96. The van der Waals surface area contributed by atoms with Gasteiger partial charge in [0.05, 0.1) is 0 Å². The van der Waals surface area contributed by atoms with E-state index in [0.29, 0.717) is 5.92 Å². The molecule has 0 atom stereocenters. The maximum atomic E-state index is 3.72. The molecular weight excluding hydrogens is 350 g/mol. The maximum absolute atomic E-state index is 3.72. The molecule has 0 heterocycles. The Bertz CT molecular complexity index is 553. The average Bonchev–Trinajstić information content (AvgIpc) is 2.78. The van der Waals surface area contributed by atoms with E-state index in [-0.39, 0.29) is 0 Å². The fraction of sp³-hybridized carbons (Fsp3) is 0.571. The van der Waals surface area contributed by atoms with Gasteiger partial charge in [-0.2, -0.15) is 0 Å².